The zero-order valence-corrected chi connectivity index (χ0v) is 62.3. The molecule has 0 aromatic rings. The summed E-state index contributed by atoms with van der Waals surface area (Å²) < 4.78 is 30.6. The lowest BCUT2D eigenvalue weighted by Crippen LogP contribution is -2.47. The van der Waals surface area contributed by atoms with Crippen LogP contribution in [0.1, 0.15) is 425 Å². The van der Waals surface area contributed by atoms with Gasteiger partial charge in [-0.05, 0) is 57.4 Å². The predicted octanol–water partition coefficient (Wildman–Crippen LogP) is 25.3. The number of unbranched alkanes of at least 4 members (excludes halogenated alkanes) is 57. The SMILES string of the molecule is CCCCCCCC/C=C/CCCCCCCCCCCCCCCCCCCC(=O)OC(/C=C/CCCCCCCCCCCC)C(COP(=O)([O-])OCC[N+](C)(C)C)NC(=O)CCCCCCCCCCCCCCCCCCCCCCCCCCC. The number of nitrogens with zero attached hydrogens (tertiary/aromatic N) is 1. The van der Waals surface area contributed by atoms with E-state index in [1.807, 2.05) is 33.3 Å². The zero-order chi connectivity index (χ0) is 65.6. The van der Waals surface area contributed by atoms with Gasteiger partial charge in [0.15, 0.2) is 0 Å². The summed E-state index contributed by atoms with van der Waals surface area (Å²) in [5.74, 6) is -0.512. The Hall–Kier alpha value is -1.51. The molecular weight excluding hydrogens is 1130 g/mol. The van der Waals surface area contributed by atoms with Crippen molar-refractivity contribution >= 4 is 19.7 Å². The fourth-order valence-corrected chi connectivity index (χ4v) is 13.2. The monoisotopic (exact) mass is 1290 g/mol. The number of amides is 1. The van der Waals surface area contributed by atoms with Crippen molar-refractivity contribution < 1.29 is 37.3 Å². The van der Waals surface area contributed by atoms with Crippen molar-refractivity contribution in [3.63, 3.8) is 0 Å². The van der Waals surface area contributed by atoms with Crippen molar-refractivity contribution in [1.82, 2.24) is 5.32 Å². The number of carbonyl (C=O) groups excluding carboxylic acids is 2. The Bertz CT molecular complexity index is 1580. The van der Waals surface area contributed by atoms with E-state index in [1.165, 1.54) is 334 Å². The fourth-order valence-electron chi connectivity index (χ4n) is 12.5. The number of phosphoric ester groups is 1. The van der Waals surface area contributed by atoms with Gasteiger partial charge in [0.2, 0.25) is 5.91 Å². The minimum atomic E-state index is -4.70. The second-order valence-electron chi connectivity index (χ2n) is 28.9. The molecule has 0 radical (unpaired) electrons. The zero-order valence-electron chi connectivity index (χ0n) is 61.4. The minimum Gasteiger partial charge on any atom is -0.756 e. The number of rotatable bonds is 75. The fraction of sp³-hybridized carbons (Fsp3) is 0.925. The van der Waals surface area contributed by atoms with Crippen molar-refractivity contribution in [2.75, 3.05) is 40.9 Å². The van der Waals surface area contributed by atoms with Crippen molar-refractivity contribution in [2.45, 2.75) is 437 Å². The number of phosphoric acid groups is 1. The summed E-state index contributed by atoms with van der Waals surface area (Å²) in [5.41, 5.74) is 0. The number of hydrogen-bond donors (Lipinski definition) is 1. The number of allylic oxidation sites excluding steroid dienone is 3. The summed E-state index contributed by atoms with van der Waals surface area (Å²) in [4.78, 5) is 40.3. The van der Waals surface area contributed by atoms with E-state index < -0.39 is 20.0 Å². The van der Waals surface area contributed by atoms with Gasteiger partial charge in [0.05, 0.1) is 33.8 Å². The summed E-state index contributed by atoms with van der Waals surface area (Å²) in [6.07, 6.45) is 87.6. The molecule has 10 heteroatoms. The van der Waals surface area contributed by atoms with Crippen molar-refractivity contribution in [1.29, 1.82) is 0 Å². The Balaban J connectivity index is 4.87. The van der Waals surface area contributed by atoms with Crippen LogP contribution in [0.2, 0.25) is 0 Å². The van der Waals surface area contributed by atoms with E-state index in [9.17, 15) is 19.0 Å². The topological polar surface area (TPSA) is 114 Å². The first-order chi connectivity index (χ1) is 43.9. The molecule has 0 bridgehead atoms. The molecule has 0 fully saturated rings. The normalized spacial score (nSPS) is 13.5. The minimum absolute atomic E-state index is 0.0173. The number of quaternary nitrogens is 1. The lowest BCUT2D eigenvalue weighted by Gasteiger charge is -2.30. The molecule has 3 unspecified atom stereocenters. The highest BCUT2D eigenvalue weighted by molar-refractivity contribution is 7.45. The molecule has 534 valence electrons. The summed E-state index contributed by atoms with van der Waals surface area (Å²) in [6, 6.07) is -0.883. The number of nitrogens with one attached hydrogen (secondary N) is 1. The van der Waals surface area contributed by atoms with E-state index in [0.717, 1.165) is 57.8 Å². The van der Waals surface area contributed by atoms with Gasteiger partial charge in [-0.3, -0.25) is 14.2 Å². The maximum Gasteiger partial charge on any atom is 0.306 e. The van der Waals surface area contributed by atoms with Crippen LogP contribution in [0.3, 0.4) is 0 Å². The average molecular weight is 1290 g/mol. The van der Waals surface area contributed by atoms with Gasteiger partial charge in [-0.1, -0.05) is 379 Å². The Labute approximate surface area is 562 Å². The number of hydrogen-bond acceptors (Lipinski definition) is 7. The summed E-state index contributed by atoms with van der Waals surface area (Å²) >= 11 is 0. The van der Waals surface area contributed by atoms with Gasteiger partial charge in [0.1, 0.15) is 19.3 Å². The number of ether oxygens (including phenoxy) is 1. The molecule has 0 spiro atoms. The van der Waals surface area contributed by atoms with E-state index in [1.54, 1.807) is 0 Å². The molecule has 0 aliphatic rings. The number of carbonyl (C=O) groups is 2. The van der Waals surface area contributed by atoms with Crippen LogP contribution in [0.25, 0.3) is 0 Å². The third-order valence-electron chi connectivity index (χ3n) is 18.6. The van der Waals surface area contributed by atoms with E-state index in [2.05, 4.69) is 38.2 Å². The Morgan fingerprint density at radius 2 is 0.644 bits per heavy atom. The van der Waals surface area contributed by atoms with Crippen LogP contribution < -0.4 is 10.2 Å². The standard InChI is InChI=1S/C80H157N2O7P/c1-7-10-13-16-19-22-25-28-30-32-34-36-38-40-41-43-45-47-49-51-53-55-58-61-64-67-70-73-80(84)89-78(71-68-65-62-59-56-27-24-21-18-15-12-9-3)77(76-88-90(85,86)87-75-74-82(4,5)6)81-79(83)72-69-66-63-60-57-54-52-50-48-46-44-42-39-37-35-33-31-29-26-23-20-17-14-11-8-2/h28,30,68,71,77-78H,7-27,29,31-67,69-70,72-76H2,1-6H3,(H-,81,83,85,86)/b30-28+,71-68+. The van der Waals surface area contributed by atoms with Crippen LogP contribution in [-0.2, 0) is 27.9 Å². The molecule has 0 rings (SSSR count). The highest BCUT2D eigenvalue weighted by Crippen LogP contribution is 2.38. The smallest absolute Gasteiger partial charge is 0.306 e. The van der Waals surface area contributed by atoms with E-state index in [-0.39, 0.29) is 31.5 Å². The van der Waals surface area contributed by atoms with E-state index in [0.29, 0.717) is 17.4 Å². The lowest BCUT2D eigenvalue weighted by molar-refractivity contribution is -0.870. The van der Waals surface area contributed by atoms with Crippen molar-refractivity contribution in [3.05, 3.63) is 24.3 Å². The summed E-state index contributed by atoms with van der Waals surface area (Å²) in [7, 11) is 1.21. The third-order valence-corrected chi connectivity index (χ3v) is 19.6. The molecule has 1 N–H and O–H groups in total. The molecule has 0 saturated heterocycles. The van der Waals surface area contributed by atoms with Crippen LogP contribution in [0.5, 0.6) is 0 Å². The maximum absolute atomic E-state index is 13.6. The van der Waals surface area contributed by atoms with Gasteiger partial charge in [-0.2, -0.15) is 0 Å². The molecule has 0 saturated carbocycles. The molecule has 3 atom stereocenters. The lowest BCUT2D eigenvalue weighted by atomic mass is 10.0. The van der Waals surface area contributed by atoms with Crippen LogP contribution in [0.15, 0.2) is 24.3 Å². The summed E-state index contributed by atoms with van der Waals surface area (Å²) in [6.45, 7) is 6.93. The highest BCUT2D eigenvalue weighted by Gasteiger charge is 2.27. The maximum atomic E-state index is 13.6. The summed E-state index contributed by atoms with van der Waals surface area (Å²) in [5, 5.41) is 3.06. The highest BCUT2D eigenvalue weighted by atomic mass is 31.2. The predicted molar refractivity (Wildman–Crippen MR) is 390 cm³/mol. The van der Waals surface area contributed by atoms with Gasteiger partial charge in [-0.15, -0.1) is 0 Å². The number of likely N-dealkylation sites (N-methyl/N-ethyl adjacent to an activating group) is 1. The molecule has 9 nitrogen and oxygen atoms in total. The first kappa shape index (κ1) is 88.5. The first-order valence-electron chi connectivity index (χ1n) is 40.1. The molecule has 0 aromatic carbocycles. The van der Waals surface area contributed by atoms with Gasteiger partial charge in [0.25, 0.3) is 7.82 Å². The van der Waals surface area contributed by atoms with Gasteiger partial charge in [-0.25, -0.2) is 0 Å². The first-order valence-corrected chi connectivity index (χ1v) is 41.6. The van der Waals surface area contributed by atoms with Crippen molar-refractivity contribution in [2.24, 2.45) is 0 Å². The molecule has 0 aliphatic heterocycles. The second-order valence-corrected chi connectivity index (χ2v) is 30.3. The molecular formula is C80H157N2O7P. The quantitative estimate of drug-likeness (QED) is 0.0212. The Kier molecular flexibility index (Phi) is 69.1. The van der Waals surface area contributed by atoms with Gasteiger partial charge < -0.3 is 28.5 Å². The largest absolute Gasteiger partial charge is 0.756 e. The van der Waals surface area contributed by atoms with Crippen LogP contribution in [-0.4, -0.2) is 69.4 Å². The van der Waals surface area contributed by atoms with Gasteiger partial charge in [0, 0.05) is 12.8 Å². The second kappa shape index (κ2) is 70.3. The molecule has 1 amide bonds. The van der Waals surface area contributed by atoms with E-state index >= 15 is 0 Å². The average Bonchev–Trinajstić information content (AvgIpc) is 3.12. The molecule has 0 aliphatic carbocycles. The Morgan fingerprint density at radius 1 is 0.378 bits per heavy atom. The third kappa shape index (κ3) is 70.8. The van der Waals surface area contributed by atoms with Crippen LogP contribution in [0.4, 0.5) is 0 Å². The van der Waals surface area contributed by atoms with Gasteiger partial charge >= 0.3 is 5.97 Å². The molecule has 0 aromatic heterocycles. The molecule has 0 heterocycles. The number of esters is 1. The van der Waals surface area contributed by atoms with E-state index in [4.69, 9.17) is 13.8 Å². The Morgan fingerprint density at radius 3 is 0.944 bits per heavy atom. The van der Waals surface area contributed by atoms with Crippen LogP contribution >= 0.6 is 7.82 Å². The van der Waals surface area contributed by atoms with Crippen LogP contribution in [0, 0.1) is 0 Å². The van der Waals surface area contributed by atoms with Crippen molar-refractivity contribution in [3.8, 4) is 0 Å². The molecule has 90 heavy (non-hydrogen) atoms.